The third kappa shape index (κ3) is 3.86. The third-order valence-electron chi connectivity index (χ3n) is 4.17. The van der Waals surface area contributed by atoms with Crippen molar-refractivity contribution in [3.63, 3.8) is 0 Å². The van der Waals surface area contributed by atoms with Crippen LogP contribution in [-0.4, -0.2) is 50.7 Å². The molecule has 2 aromatic heterocycles. The quantitative estimate of drug-likeness (QED) is 0.671. The van der Waals surface area contributed by atoms with E-state index in [2.05, 4.69) is 20.6 Å². The highest BCUT2D eigenvalue weighted by molar-refractivity contribution is 7.99. The molecule has 1 atom stereocenters. The Hall–Kier alpha value is -2.45. The van der Waals surface area contributed by atoms with Crippen LogP contribution in [0, 0.1) is 0 Å². The van der Waals surface area contributed by atoms with E-state index in [0.717, 1.165) is 30.0 Å². The minimum atomic E-state index is -0.0144. The number of amides is 1. The number of nitrogens with zero attached hydrogens (tertiary/aromatic N) is 4. The van der Waals surface area contributed by atoms with Gasteiger partial charge in [-0.05, 0) is 25.0 Å². The molecule has 0 saturated carbocycles. The smallest absolute Gasteiger partial charge is 0.230 e. The van der Waals surface area contributed by atoms with E-state index in [-0.39, 0.29) is 12.0 Å². The number of hydrogen-bond acceptors (Lipinski definition) is 6. The maximum atomic E-state index is 12.0. The summed E-state index contributed by atoms with van der Waals surface area (Å²) >= 11 is 1.39. The zero-order chi connectivity index (χ0) is 17.8. The summed E-state index contributed by atoms with van der Waals surface area (Å²) in [6, 6.07) is 13.5. The second kappa shape index (κ2) is 7.84. The van der Waals surface area contributed by atoms with Gasteiger partial charge in [-0.3, -0.25) is 4.79 Å². The molecule has 7 nitrogen and oxygen atoms in total. The Labute approximate surface area is 155 Å². The molecule has 1 aliphatic heterocycles. The molecule has 4 rings (SSSR count). The van der Waals surface area contributed by atoms with E-state index in [4.69, 9.17) is 4.74 Å². The van der Waals surface area contributed by atoms with Crippen molar-refractivity contribution in [3.05, 3.63) is 42.5 Å². The van der Waals surface area contributed by atoms with Crippen molar-refractivity contribution >= 4 is 23.3 Å². The Bertz CT molecular complexity index is 893. The number of fused-ring (bicyclic) bond motifs is 1. The Morgan fingerprint density at radius 1 is 1.23 bits per heavy atom. The van der Waals surface area contributed by atoms with Gasteiger partial charge in [-0.1, -0.05) is 42.1 Å². The number of carbonyl (C=O) groups is 1. The van der Waals surface area contributed by atoms with Gasteiger partial charge in [0, 0.05) is 18.7 Å². The van der Waals surface area contributed by atoms with Crippen LogP contribution in [0.1, 0.15) is 12.8 Å². The topological polar surface area (TPSA) is 81.4 Å². The first-order valence-electron chi connectivity index (χ1n) is 8.58. The minimum Gasteiger partial charge on any atom is -0.376 e. The van der Waals surface area contributed by atoms with Gasteiger partial charge in [0.2, 0.25) is 5.91 Å². The standard InChI is InChI=1S/C18H19N5O2S/c24-16(19-11-14-7-4-10-25-14)12-26-17-9-8-15-20-21-18(23(15)22-17)13-5-2-1-3-6-13/h1-3,5-6,8-9,14H,4,7,10-12H2,(H,19,24)/t14-/m1/s1. The molecule has 3 heterocycles. The largest absolute Gasteiger partial charge is 0.376 e. The summed E-state index contributed by atoms with van der Waals surface area (Å²) in [7, 11) is 0. The third-order valence-corrected chi connectivity index (χ3v) is 5.09. The van der Waals surface area contributed by atoms with E-state index in [0.29, 0.717) is 23.8 Å². The summed E-state index contributed by atoms with van der Waals surface area (Å²) < 4.78 is 7.22. The number of ether oxygens (including phenoxy) is 1. The van der Waals surface area contributed by atoms with Crippen molar-refractivity contribution < 1.29 is 9.53 Å². The minimum absolute atomic E-state index is 0.0144. The number of nitrogens with one attached hydrogen (secondary N) is 1. The van der Waals surface area contributed by atoms with Gasteiger partial charge in [0.25, 0.3) is 0 Å². The second-order valence-electron chi connectivity index (χ2n) is 6.06. The van der Waals surface area contributed by atoms with E-state index in [1.54, 1.807) is 4.52 Å². The highest BCUT2D eigenvalue weighted by Gasteiger charge is 2.16. The summed E-state index contributed by atoms with van der Waals surface area (Å²) in [6.07, 6.45) is 2.24. The van der Waals surface area contributed by atoms with Gasteiger partial charge in [-0.15, -0.1) is 10.2 Å². The second-order valence-corrected chi connectivity index (χ2v) is 7.05. The van der Waals surface area contributed by atoms with Crippen LogP contribution in [0.5, 0.6) is 0 Å². The molecule has 3 aromatic rings. The van der Waals surface area contributed by atoms with E-state index in [1.807, 2.05) is 42.5 Å². The summed E-state index contributed by atoms with van der Waals surface area (Å²) in [5, 5.41) is 16.6. The molecule has 0 unspecified atom stereocenters. The number of rotatable bonds is 6. The molecule has 1 N–H and O–H groups in total. The molecule has 1 fully saturated rings. The van der Waals surface area contributed by atoms with Gasteiger partial charge in [0.15, 0.2) is 11.5 Å². The monoisotopic (exact) mass is 369 g/mol. The molecule has 1 saturated heterocycles. The highest BCUT2D eigenvalue weighted by atomic mass is 32.2. The Balaban J connectivity index is 1.41. The summed E-state index contributed by atoms with van der Waals surface area (Å²) in [4.78, 5) is 12.0. The highest BCUT2D eigenvalue weighted by Crippen LogP contribution is 2.20. The fourth-order valence-electron chi connectivity index (χ4n) is 2.84. The SMILES string of the molecule is O=C(CSc1ccc2nnc(-c3ccccc3)n2n1)NC[C@H]1CCCO1. The molecule has 1 aliphatic rings. The number of carbonyl (C=O) groups excluding carboxylic acids is 1. The van der Waals surface area contributed by atoms with Gasteiger partial charge >= 0.3 is 0 Å². The molecule has 134 valence electrons. The van der Waals surface area contributed by atoms with Crippen LogP contribution in [0.3, 0.4) is 0 Å². The maximum Gasteiger partial charge on any atom is 0.230 e. The van der Waals surface area contributed by atoms with Crippen molar-refractivity contribution in [2.45, 2.75) is 24.0 Å². The molecule has 0 aliphatic carbocycles. The zero-order valence-corrected chi connectivity index (χ0v) is 15.0. The summed E-state index contributed by atoms with van der Waals surface area (Å²) in [5.74, 6) is 0.985. The van der Waals surface area contributed by atoms with Crippen LogP contribution in [0.2, 0.25) is 0 Å². The number of thioether (sulfide) groups is 1. The first-order chi connectivity index (χ1) is 12.8. The van der Waals surface area contributed by atoms with Crippen LogP contribution in [0.15, 0.2) is 47.5 Å². The number of hydrogen-bond donors (Lipinski definition) is 1. The molecule has 0 bridgehead atoms. The van der Waals surface area contributed by atoms with Crippen LogP contribution in [-0.2, 0) is 9.53 Å². The molecule has 26 heavy (non-hydrogen) atoms. The zero-order valence-electron chi connectivity index (χ0n) is 14.2. The van der Waals surface area contributed by atoms with Gasteiger partial charge in [0.1, 0.15) is 5.03 Å². The molecule has 0 radical (unpaired) electrons. The van der Waals surface area contributed by atoms with Crippen LogP contribution in [0.25, 0.3) is 17.0 Å². The lowest BCUT2D eigenvalue weighted by molar-refractivity contribution is -0.119. The first kappa shape index (κ1) is 17.0. The summed E-state index contributed by atoms with van der Waals surface area (Å²) in [5.41, 5.74) is 1.62. The molecule has 1 aromatic carbocycles. The van der Waals surface area contributed by atoms with Crippen molar-refractivity contribution in [1.82, 2.24) is 25.1 Å². The average molecular weight is 369 g/mol. The van der Waals surface area contributed by atoms with Crippen LogP contribution >= 0.6 is 11.8 Å². The first-order valence-corrected chi connectivity index (χ1v) is 9.57. The lowest BCUT2D eigenvalue weighted by Gasteiger charge is -2.10. The Morgan fingerprint density at radius 3 is 2.92 bits per heavy atom. The Kier molecular flexibility index (Phi) is 5.12. The number of aromatic nitrogens is 4. The van der Waals surface area contributed by atoms with Crippen molar-refractivity contribution in [2.75, 3.05) is 18.9 Å². The van der Waals surface area contributed by atoms with Gasteiger partial charge in [0.05, 0.1) is 11.9 Å². The van der Waals surface area contributed by atoms with Crippen LogP contribution in [0.4, 0.5) is 0 Å². The van der Waals surface area contributed by atoms with E-state index < -0.39 is 0 Å². The summed E-state index contributed by atoms with van der Waals surface area (Å²) in [6.45, 7) is 1.37. The fraction of sp³-hybridized carbons (Fsp3) is 0.333. The van der Waals surface area contributed by atoms with E-state index in [1.165, 1.54) is 11.8 Å². The fourth-order valence-corrected chi connectivity index (χ4v) is 3.52. The van der Waals surface area contributed by atoms with Crippen molar-refractivity contribution in [1.29, 1.82) is 0 Å². The molecule has 8 heteroatoms. The molecule has 0 spiro atoms. The van der Waals surface area contributed by atoms with Gasteiger partial charge in [-0.2, -0.15) is 9.61 Å². The van der Waals surface area contributed by atoms with Crippen molar-refractivity contribution in [2.24, 2.45) is 0 Å². The molecule has 1 amide bonds. The average Bonchev–Trinajstić information content (AvgIpc) is 3.34. The van der Waals surface area contributed by atoms with E-state index >= 15 is 0 Å². The maximum absolute atomic E-state index is 12.0. The predicted octanol–water partition coefficient (Wildman–Crippen LogP) is 2.18. The molecular formula is C18H19N5O2S. The normalized spacial score (nSPS) is 16.8. The van der Waals surface area contributed by atoms with Crippen molar-refractivity contribution in [3.8, 4) is 11.4 Å². The van der Waals surface area contributed by atoms with Crippen LogP contribution < -0.4 is 5.32 Å². The number of benzene rings is 1. The van der Waals surface area contributed by atoms with Gasteiger partial charge < -0.3 is 10.1 Å². The van der Waals surface area contributed by atoms with Gasteiger partial charge in [-0.25, -0.2) is 0 Å². The predicted molar refractivity (Wildman–Crippen MR) is 98.9 cm³/mol. The lowest BCUT2D eigenvalue weighted by atomic mass is 10.2. The lowest BCUT2D eigenvalue weighted by Crippen LogP contribution is -2.32. The molecular weight excluding hydrogens is 350 g/mol. The Morgan fingerprint density at radius 2 is 2.12 bits per heavy atom. The van der Waals surface area contributed by atoms with E-state index in [9.17, 15) is 4.79 Å².